The molecule has 0 fully saturated rings. The van der Waals surface area contributed by atoms with E-state index in [1.165, 1.54) is 6.08 Å². The summed E-state index contributed by atoms with van der Waals surface area (Å²) in [6, 6.07) is 23.7. The van der Waals surface area contributed by atoms with Gasteiger partial charge < -0.3 is 19.5 Å². The number of ether oxygens (including phenoxy) is 2. The second-order valence-electron chi connectivity index (χ2n) is 8.75. The molecular formula is C32H31NO5. The van der Waals surface area contributed by atoms with E-state index in [0.29, 0.717) is 43.2 Å². The van der Waals surface area contributed by atoms with E-state index >= 15 is 0 Å². The van der Waals surface area contributed by atoms with Gasteiger partial charge in [0.25, 0.3) is 5.91 Å². The van der Waals surface area contributed by atoms with Crippen LogP contribution in [0.2, 0.25) is 0 Å². The zero-order valence-electron chi connectivity index (χ0n) is 21.4. The smallest absolute Gasteiger partial charge is 0.290 e. The average Bonchev–Trinajstić information content (AvgIpc) is 3.20. The molecule has 4 rings (SSSR count). The van der Waals surface area contributed by atoms with Crippen molar-refractivity contribution < 1.29 is 24.2 Å². The Morgan fingerprint density at radius 2 is 1.71 bits per heavy atom. The van der Waals surface area contributed by atoms with E-state index < -0.39 is 23.5 Å². The largest absolute Gasteiger partial charge is 0.503 e. The third-order valence-corrected chi connectivity index (χ3v) is 6.22. The van der Waals surface area contributed by atoms with Gasteiger partial charge in [0.2, 0.25) is 0 Å². The van der Waals surface area contributed by atoms with Gasteiger partial charge in [-0.25, -0.2) is 0 Å². The third kappa shape index (κ3) is 6.03. The number of aliphatic hydroxyl groups is 1. The topological polar surface area (TPSA) is 76.1 Å². The molecule has 3 aromatic rings. The molecule has 0 spiro atoms. The Labute approximate surface area is 223 Å². The molecule has 0 bridgehead atoms. The zero-order chi connectivity index (χ0) is 26.9. The van der Waals surface area contributed by atoms with Crippen molar-refractivity contribution >= 4 is 17.8 Å². The number of carbonyl (C=O) groups excluding carboxylic acids is 2. The summed E-state index contributed by atoms with van der Waals surface area (Å²) in [4.78, 5) is 28.3. The Morgan fingerprint density at radius 3 is 2.39 bits per heavy atom. The predicted molar refractivity (Wildman–Crippen MR) is 148 cm³/mol. The molecule has 0 aliphatic carbocycles. The summed E-state index contributed by atoms with van der Waals surface area (Å²) in [6.45, 7) is 6.57. The molecule has 0 aromatic heterocycles. The number of aliphatic hydroxyl groups excluding tert-OH is 1. The Kier molecular flexibility index (Phi) is 8.77. The molecule has 1 aliphatic heterocycles. The maximum Gasteiger partial charge on any atom is 0.290 e. The van der Waals surface area contributed by atoms with Crippen LogP contribution < -0.4 is 9.47 Å². The van der Waals surface area contributed by atoms with Crippen LogP contribution in [0.5, 0.6) is 11.5 Å². The van der Waals surface area contributed by atoms with Crippen molar-refractivity contribution in [2.75, 3.05) is 19.8 Å². The number of carbonyl (C=O) groups is 2. The molecule has 1 N–H and O–H groups in total. The quantitative estimate of drug-likeness (QED) is 0.244. The van der Waals surface area contributed by atoms with E-state index in [1.54, 1.807) is 35.3 Å². The van der Waals surface area contributed by atoms with Gasteiger partial charge in [-0.2, -0.15) is 0 Å². The molecule has 1 aliphatic rings. The standard InChI is InChI=1S/C32H31NO5/c1-3-21-38-27-18-16-25(22-28(27)37-4-2)30-29(26(34)17-15-23-11-7-5-8-12-23)31(35)32(36)33(30)20-19-24-13-9-6-10-14-24/h3,5-18,22,30,35H,1,4,19-21H2,2H3. The van der Waals surface area contributed by atoms with Crippen LogP contribution in [0, 0.1) is 0 Å². The number of benzene rings is 3. The van der Waals surface area contributed by atoms with Crippen LogP contribution in [-0.4, -0.2) is 41.5 Å². The molecule has 1 atom stereocenters. The molecule has 0 saturated heterocycles. The second kappa shape index (κ2) is 12.6. The van der Waals surface area contributed by atoms with E-state index in [0.717, 1.165) is 11.1 Å². The minimum Gasteiger partial charge on any atom is -0.503 e. The minimum atomic E-state index is -0.785. The van der Waals surface area contributed by atoms with Gasteiger partial charge >= 0.3 is 0 Å². The van der Waals surface area contributed by atoms with Crippen molar-refractivity contribution in [3.05, 3.63) is 126 Å². The van der Waals surface area contributed by atoms with Crippen molar-refractivity contribution in [2.45, 2.75) is 19.4 Å². The van der Waals surface area contributed by atoms with Crippen LogP contribution >= 0.6 is 0 Å². The van der Waals surface area contributed by atoms with Crippen LogP contribution in [0.1, 0.15) is 29.7 Å². The molecule has 6 heteroatoms. The molecule has 194 valence electrons. The summed E-state index contributed by atoms with van der Waals surface area (Å²) in [5, 5.41) is 10.9. The fourth-order valence-electron chi connectivity index (χ4n) is 4.43. The summed E-state index contributed by atoms with van der Waals surface area (Å²) in [5.41, 5.74) is 2.56. The first-order valence-electron chi connectivity index (χ1n) is 12.6. The van der Waals surface area contributed by atoms with Gasteiger partial charge in [-0.1, -0.05) is 85.5 Å². The molecule has 6 nitrogen and oxygen atoms in total. The van der Waals surface area contributed by atoms with E-state index in [2.05, 4.69) is 6.58 Å². The van der Waals surface area contributed by atoms with Gasteiger partial charge in [-0.3, -0.25) is 9.59 Å². The molecule has 38 heavy (non-hydrogen) atoms. The van der Waals surface area contributed by atoms with Crippen molar-refractivity contribution in [1.82, 2.24) is 4.90 Å². The Bertz CT molecular complexity index is 1340. The van der Waals surface area contributed by atoms with E-state index in [9.17, 15) is 14.7 Å². The first-order valence-corrected chi connectivity index (χ1v) is 12.6. The van der Waals surface area contributed by atoms with Gasteiger partial charge in [0, 0.05) is 6.54 Å². The van der Waals surface area contributed by atoms with Crippen molar-refractivity contribution in [2.24, 2.45) is 0 Å². The highest BCUT2D eigenvalue weighted by Crippen LogP contribution is 2.41. The van der Waals surface area contributed by atoms with Gasteiger partial charge in [0.1, 0.15) is 6.61 Å². The Hall–Kier alpha value is -4.58. The SMILES string of the molecule is C=CCOc1ccc(C2C(C(=O)C=Cc3ccccc3)=C(O)C(=O)N2CCc2ccccc2)cc1OCC. The third-order valence-electron chi connectivity index (χ3n) is 6.22. The lowest BCUT2D eigenvalue weighted by Gasteiger charge is -2.27. The number of allylic oxidation sites excluding steroid dienone is 1. The van der Waals surface area contributed by atoms with Crippen molar-refractivity contribution in [3.8, 4) is 11.5 Å². The summed E-state index contributed by atoms with van der Waals surface area (Å²) >= 11 is 0. The Balaban J connectivity index is 1.72. The number of rotatable bonds is 12. The first kappa shape index (κ1) is 26.5. The van der Waals surface area contributed by atoms with Gasteiger partial charge in [-0.15, -0.1) is 0 Å². The highest BCUT2D eigenvalue weighted by molar-refractivity contribution is 6.14. The lowest BCUT2D eigenvalue weighted by molar-refractivity contribution is -0.129. The van der Waals surface area contributed by atoms with E-state index in [1.807, 2.05) is 67.6 Å². The van der Waals surface area contributed by atoms with Crippen LogP contribution in [0.3, 0.4) is 0 Å². The number of hydrogen-bond acceptors (Lipinski definition) is 5. The fourth-order valence-corrected chi connectivity index (χ4v) is 4.43. The molecule has 3 aromatic carbocycles. The maximum absolute atomic E-state index is 13.4. The maximum atomic E-state index is 13.4. The predicted octanol–water partition coefficient (Wildman–Crippen LogP) is 5.87. The van der Waals surface area contributed by atoms with E-state index in [4.69, 9.17) is 9.47 Å². The van der Waals surface area contributed by atoms with Crippen LogP contribution in [0.15, 0.2) is 109 Å². The molecule has 0 saturated carbocycles. The summed E-state index contributed by atoms with van der Waals surface area (Å²) in [7, 11) is 0. The molecule has 1 heterocycles. The van der Waals surface area contributed by atoms with Crippen molar-refractivity contribution in [1.29, 1.82) is 0 Å². The van der Waals surface area contributed by atoms with Gasteiger partial charge in [-0.05, 0) is 48.2 Å². The van der Waals surface area contributed by atoms with Gasteiger partial charge in [0.05, 0.1) is 18.2 Å². The summed E-state index contributed by atoms with van der Waals surface area (Å²) in [5.74, 6) is -0.527. The molecule has 1 amide bonds. The minimum absolute atomic E-state index is 0.0393. The summed E-state index contributed by atoms with van der Waals surface area (Å²) in [6.07, 6.45) is 5.28. The van der Waals surface area contributed by atoms with Crippen LogP contribution in [0.25, 0.3) is 6.08 Å². The highest BCUT2D eigenvalue weighted by atomic mass is 16.5. The number of nitrogens with zero attached hydrogens (tertiary/aromatic N) is 1. The average molecular weight is 510 g/mol. The molecule has 0 radical (unpaired) electrons. The van der Waals surface area contributed by atoms with Gasteiger partial charge in [0.15, 0.2) is 23.0 Å². The second-order valence-corrected chi connectivity index (χ2v) is 8.75. The lowest BCUT2D eigenvalue weighted by Crippen LogP contribution is -2.33. The molecular weight excluding hydrogens is 478 g/mol. The lowest BCUT2D eigenvalue weighted by atomic mass is 9.95. The number of hydrogen-bond donors (Lipinski definition) is 1. The van der Waals surface area contributed by atoms with Crippen LogP contribution in [0.4, 0.5) is 0 Å². The highest BCUT2D eigenvalue weighted by Gasteiger charge is 2.43. The monoisotopic (exact) mass is 509 g/mol. The zero-order valence-corrected chi connectivity index (χ0v) is 21.4. The number of ketones is 1. The normalized spacial score (nSPS) is 15.2. The van der Waals surface area contributed by atoms with Crippen molar-refractivity contribution in [3.63, 3.8) is 0 Å². The fraction of sp³-hybridized carbons (Fsp3) is 0.188. The van der Waals surface area contributed by atoms with E-state index in [-0.39, 0.29) is 5.57 Å². The summed E-state index contributed by atoms with van der Waals surface area (Å²) < 4.78 is 11.5. The van der Waals surface area contributed by atoms with Crippen LogP contribution in [-0.2, 0) is 16.0 Å². The Morgan fingerprint density at radius 1 is 1.00 bits per heavy atom. The first-order chi connectivity index (χ1) is 18.5. The number of amides is 1. The molecule has 1 unspecified atom stereocenters.